The average molecular weight is 188 g/mol. The zero-order valence-electron chi connectivity index (χ0n) is 8.04. The molecular weight excluding hydrogens is 176 g/mol. The minimum absolute atomic E-state index is 0.350. The van der Waals surface area contributed by atoms with Crippen molar-refractivity contribution in [3.8, 4) is 11.5 Å². The number of fused-ring (bicyclic) bond motifs is 5. The van der Waals surface area contributed by atoms with Gasteiger partial charge in [0.05, 0.1) is 0 Å². The summed E-state index contributed by atoms with van der Waals surface area (Å²) in [5, 5.41) is 19.7. The number of allylic oxidation sites excluding steroid dienone is 2. The topological polar surface area (TPSA) is 40.5 Å². The molecule has 0 saturated carbocycles. The summed E-state index contributed by atoms with van der Waals surface area (Å²) in [5.74, 6) is 1.11. The molecular formula is C12H12O2. The smallest absolute Gasteiger partial charge is 0.126 e. The standard InChI is InChI=1S/C12H12O2/c1-6-4-9(13)10-7-2-3-8(5-7)11(10)12(6)14/h3-4,7,13-14H,2,5H2,1H3. The summed E-state index contributed by atoms with van der Waals surface area (Å²) in [5.41, 5.74) is 3.83. The van der Waals surface area contributed by atoms with E-state index in [1.54, 1.807) is 6.07 Å². The second kappa shape index (κ2) is 2.32. The van der Waals surface area contributed by atoms with E-state index in [4.69, 9.17) is 0 Å². The minimum atomic E-state index is 0.350. The second-order valence-electron chi connectivity index (χ2n) is 4.22. The molecule has 0 spiro atoms. The van der Waals surface area contributed by atoms with E-state index in [-0.39, 0.29) is 0 Å². The van der Waals surface area contributed by atoms with Gasteiger partial charge in [0.15, 0.2) is 0 Å². The summed E-state index contributed by atoms with van der Waals surface area (Å²) < 4.78 is 0. The van der Waals surface area contributed by atoms with E-state index in [2.05, 4.69) is 6.08 Å². The van der Waals surface area contributed by atoms with Gasteiger partial charge in [-0.25, -0.2) is 0 Å². The molecule has 2 bridgehead atoms. The number of aryl methyl sites for hydroxylation is 1. The number of phenolic OH excluding ortho intramolecular Hbond substituents is 2. The highest BCUT2D eigenvalue weighted by Crippen LogP contribution is 2.55. The van der Waals surface area contributed by atoms with Gasteiger partial charge >= 0.3 is 0 Å². The van der Waals surface area contributed by atoms with Gasteiger partial charge in [0, 0.05) is 11.1 Å². The lowest BCUT2D eigenvalue weighted by molar-refractivity contribution is 0.447. The maximum absolute atomic E-state index is 9.91. The Hall–Kier alpha value is -1.44. The van der Waals surface area contributed by atoms with Crippen LogP contribution in [0.4, 0.5) is 0 Å². The van der Waals surface area contributed by atoms with Crippen LogP contribution in [-0.4, -0.2) is 10.2 Å². The van der Waals surface area contributed by atoms with Crippen molar-refractivity contribution in [2.45, 2.75) is 25.7 Å². The lowest BCUT2D eigenvalue weighted by atomic mass is 9.93. The van der Waals surface area contributed by atoms with Gasteiger partial charge in [0.1, 0.15) is 11.5 Å². The van der Waals surface area contributed by atoms with Gasteiger partial charge in [-0.2, -0.15) is 0 Å². The van der Waals surface area contributed by atoms with Crippen LogP contribution in [0.3, 0.4) is 0 Å². The largest absolute Gasteiger partial charge is 0.508 e. The normalized spacial score (nSPS) is 22.4. The SMILES string of the molecule is Cc1cc(O)c2c(c1O)C1=CCC2C1. The number of hydrogen-bond donors (Lipinski definition) is 2. The summed E-state index contributed by atoms with van der Waals surface area (Å²) in [7, 11) is 0. The quantitative estimate of drug-likeness (QED) is 0.614. The molecule has 1 atom stereocenters. The molecule has 2 heteroatoms. The molecule has 1 unspecified atom stereocenters. The molecule has 0 radical (unpaired) electrons. The van der Waals surface area contributed by atoms with Crippen LogP contribution < -0.4 is 0 Å². The van der Waals surface area contributed by atoms with Crippen molar-refractivity contribution in [3.63, 3.8) is 0 Å². The highest BCUT2D eigenvalue weighted by atomic mass is 16.3. The van der Waals surface area contributed by atoms with Crippen LogP contribution in [0.5, 0.6) is 11.5 Å². The first-order chi connectivity index (χ1) is 6.68. The Balaban J connectivity index is 2.39. The zero-order chi connectivity index (χ0) is 9.87. The highest BCUT2D eigenvalue weighted by molar-refractivity contribution is 5.83. The van der Waals surface area contributed by atoms with Crippen LogP contribution >= 0.6 is 0 Å². The molecule has 0 fully saturated rings. The summed E-state index contributed by atoms with van der Waals surface area (Å²) in [4.78, 5) is 0. The lowest BCUT2D eigenvalue weighted by Crippen LogP contribution is -1.95. The second-order valence-corrected chi connectivity index (χ2v) is 4.22. The van der Waals surface area contributed by atoms with Crippen LogP contribution in [0, 0.1) is 6.92 Å². The number of aromatic hydroxyl groups is 2. The summed E-state index contributed by atoms with van der Waals surface area (Å²) in [6.07, 6.45) is 4.17. The fourth-order valence-corrected chi connectivity index (χ4v) is 2.68. The first-order valence-corrected chi connectivity index (χ1v) is 4.93. The molecule has 2 nitrogen and oxygen atoms in total. The van der Waals surface area contributed by atoms with E-state index in [9.17, 15) is 10.2 Å². The van der Waals surface area contributed by atoms with Crippen molar-refractivity contribution in [1.82, 2.24) is 0 Å². The van der Waals surface area contributed by atoms with Crippen LogP contribution in [0.2, 0.25) is 0 Å². The van der Waals surface area contributed by atoms with Gasteiger partial charge in [-0.15, -0.1) is 0 Å². The van der Waals surface area contributed by atoms with Crippen molar-refractivity contribution in [2.75, 3.05) is 0 Å². The summed E-state index contributed by atoms with van der Waals surface area (Å²) in [6, 6.07) is 1.66. The number of phenols is 2. The van der Waals surface area contributed by atoms with Crippen molar-refractivity contribution < 1.29 is 10.2 Å². The van der Waals surface area contributed by atoms with Crippen molar-refractivity contribution >= 4 is 5.57 Å². The molecule has 2 aliphatic carbocycles. The van der Waals surface area contributed by atoms with E-state index in [0.29, 0.717) is 17.4 Å². The van der Waals surface area contributed by atoms with E-state index < -0.39 is 0 Å². The van der Waals surface area contributed by atoms with Gasteiger partial charge in [0.2, 0.25) is 0 Å². The molecule has 0 saturated heterocycles. The Labute approximate surface area is 82.5 Å². The maximum Gasteiger partial charge on any atom is 0.126 e. The summed E-state index contributed by atoms with van der Waals surface area (Å²) in [6.45, 7) is 1.82. The van der Waals surface area contributed by atoms with Crippen LogP contribution in [0.1, 0.15) is 35.4 Å². The number of benzene rings is 1. The van der Waals surface area contributed by atoms with E-state index >= 15 is 0 Å². The Morgan fingerprint density at radius 3 is 2.93 bits per heavy atom. The molecule has 3 rings (SSSR count). The maximum atomic E-state index is 9.91. The number of rotatable bonds is 0. The monoisotopic (exact) mass is 188 g/mol. The third kappa shape index (κ3) is 0.763. The Bertz CT molecular complexity index is 458. The molecule has 14 heavy (non-hydrogen) atoms. The molecule has 1 aromatic rings. The van der Waals surface area contributed by atoms with Crippen LogP contribution in [-0.2, 0) is 0 Å². The summed E-state index contributed by atoms with van der Waals surface area (Å²) >= 11 is 0. The predicted octanol–water partition coefficient (Wildman–Crippen LogP) is 2.68. The lowest BCUT2D eigenvalue weighted by Gasteiger charge is -2.15. The molecule has 1 aromatic carbocycles. The molecule has 2 aliphatic rings. The first-order valence-electron chi connectivity index (χ1n) is 4.93. The van der Waals surface area contributed by atoms with Gasteiger partial charge in [-0.3, -0.25) is 0 Å². The van der Waals surface area contributed by atoms with Crippen molar-refractivity contribution in [3.05, 3.63) is 28.8 Å². The van der Waals surface area contributed by atoms with Crippen molar-refractivity contribution in [1.29, 1.82) is 0 Å². The molecule has 72 valence electrons. The third-order valence-electron chi connectivity index (χ3n) is 3.35. The van der Waals surface area contributed by atoms with E-state index in [1.165, 1.54) is 5.57 Å². The van der Waals surface area contributed by atoms with Gasteiger partial charge in [-0.1, -0.05) is 6.08 Å². The van der Waals surface area contributed by atoms with Crippen LogP contribution in [0.25, 0.3) is 5.57 Å². The molecule has 0 amide bonds. The predicted molar refractivity (Wildman–Crippen MR) is 54.5 cm³/mol. The Morgan fingerprint density at radius 1 is 1.36 bits per heavy atom. The van der Waals surface area contributed by atoms with Gasteiger partial charge < -0.3 is 10.2 Å². The number of hydrogen-bond acceptors (Lipinski definition) is 2. The fourth-order valence-electron chi connectivity index (χ4n) is 2.68. The van der Waals surface area contributed by atoms with E-state index in [1.807, 2.05) is 6.92 Å². The molecule has 0 aromatic heterocycles. The molecule has 0 aliphatic heterocycles. The van der Waals surface area contributed by atoms with Crippen molar-refractivity contribution in [2.24, 2.45) is 0 Å². The third-order valence-corrected chi connectivity index (χ3v) is 3.35. The molecule has 2 N–H and O–H groups in total. The van der Waals surface area contributed by atoms with E-state index in [0.717, 1.165) is 29.5 Å². The van der Waals surface area contributed by atoms with Gasteiger partial charge in [-0.05, 0) is 42.9 Å². The van der Waals surface area contributed by atoms with Crippen LogP contribution in [0.15, 0.2) is 12.1 Å². The highest BCUT2D eigenvalue weighted by Gasteiger charge is 2.35. The van der Waals surface area contributed by atoms with Gasteiger partial charge in [0.25, 0.3) is 0 Å². The fraction of sp³-hybridized carbons (Fsp3) is 0.333. The minimum Gasteiger partial charge on any atom is -0.508 e. The average Bonchev–Trinajstić information content (AvgIpc) is 2.73. The Morgan fingerprint density at radius 2 is 2.14 bits per heavy atom. The molecule has 0 heterocycles. The Kier molecular flexibility index (Phi) is 1.31. The zero-order valence-corrected chi connectivity index (χ0v) is 8.04. The first kappa shape index (κ1) is 7.92.